The molecule has 0 atom stereocenters. The first kappa shape index (κ1) is 19.3. The first-order chi connectivity index (χ1) is 14.0. The molecule has 6 heteroatoms. The highest BCUT2D eigenvalue weighted by Crippen LogP contribution is 2.25. The average molecular weight is 391 g/mol. The van der Waals surface area contributed by atoms with Crippen LogP contribution in [0.2, 0.25) is 0 Å². The van der Waals surface area contributed by atoms with E-state index in [1.54, 1.807) is 36.4 Å². The summed E-state index contributed by atoms with van der Waals surface area (Å²) in [6, 6.07) is 14.6. The summed E-state index contributed by atoms with van der Waals surface area (Å²) in [6.45, 7) is 1.64. The average Bonchev–Trinajstić information content (AvgIpc) is 2.98. The molecule has 2 aromatic rings. The van der Waals surface area contributed by atoms with Crippen LogP contribution in [0.4, 0.5) is 0 Å². The zero-order valence-corrected chi connectivity index (χ0v) is 16.8. The van der Waals surface area contributed by atoms with Gasteiger partial charge in [0.1, 0.15) is 0 Å². The number of likely N-dealkylation sites (tertiary alicyclic amines) is 1. The lowest BCUT2D eigenvalue weighted by Gasteiger charge is -2.35. The van der Waals surface area contributed by atoms with Crippen LogP contribution in [0.15, 0.2) is 48.5 Å². The smallest absolute Gasteiger partial charge is 0.261 e. The van der Waals surface area contributed by atoms with Gasteiger partial charge in [-0.1, -0.05) is 24.3 Å². The summed E-state index contributed by atoms with van der Waals surface area (Å²) in [6.07, 6.45) is 1.93. The normalized spacial score (nSPS) is 17.2. The summed E-state index contributed by atoms with van der Waals surface area (Å²) < 4.78 is 0. The molecule has 29 heavy (non-hydrogen) atoms. The maximum absolute atomic E-state index is 12.9. The number of benzene rings is 2. The largest absolute Gasteiger partial charge is 0.339 e. The van der Waals surface area contributed by atoms with E-state index in [2.05, 4.69) is 19.0 Å². The predicted molar refractivity (Wildman–Crippen MR) is 110 cm³/mol. The molecule has 0 aromatic heterocycles. The summed E-state index contributed by atoms with van der Waals surface area (Å²) in [5, 5.41) is 0. The highest BCUT2D eigenvalue weighted by Gasteiger charge is 2.35. The van der Waals surface area contributed by atoms with Gasteiger partial charge >= 0.3 is 0 Å². The molecule has 6 nitrogen and oxygen atoms in total. The van der Waals surface area contributed by atoms with Gasteiger partial charge in [0.25, 0.3) is 17.7 Å². The number of carbonyl (C=O) groups excluding carboxylic acids is 3. The zero-order valence-electron chi connectivity index (χ0n) is 16.8. The number of hydrogen-bond acceptors (Lipinski definition) is 4. The van der Waals surface area contributed by atoms with E-state index < -0.39 is 0 Å². The fourth-order valence-electron chi connectivity index (χ4n) is 4.14. The lowest BCUT2D eigenvalue weighted by molar-refractivity contribution is 0.0641. The van der Waals surface area contributed by atoms with Crippen LogP contribution in [0.5, 0.6) is 0 Å². The van der Waals surface area contributed by atoms with Crippen LogP contribution < -0.4 is 0 Å². The highest BCUT2D eigenvalue weighted by atomic mass is 16.2. The fourth-order valence-corrected chi connectivity index (χ4v) is 4.14. The van der Waals surface area contributed by atoms with E-state index in [-0.39, 0.29) is 24.3 Å². The summed E-state index contributed by atoms with van der Waals surface area (Å²) in [5.74, 6) is -0.562. The van der Waals surface area contributed by atoms with E-state index in [4.69, 9.17) is 0 Å². The van der Waals surface area contributed by atoms with Crippen molar-refractivity contribution in [3.8, 4) is 0 Å². The number of piperidine rings is 1. The third kappa shape index (κ3) is 3.68. The Hall–Kier alpha value is -2.99. The second-order valence-corrected chi connectivity index (χ2v) is 7.93. The number of nitrogens with zero attached hydrogens (tertiary/aromatic N) is 3. The van der Waals surface area contributed by atoms with Crippen LogP contribution in [0.3, 0.4) is 0 Å². The van der Waals surface area contributed by atoms with Crippen LogP contribution in [-0.4, -0.2) is 65.6 Å². The molecule has 0 aliphatic carbocycles. The number of hydrogen-bond donors (Lipinski definition) is 0. The van der Waals surface area contributed by atoms with Gasteiger partial charge in [0.2, 0.25) is 0 Å². The van der Waals surface area contributed by atoms with Gasteiger partial charge < -0.3 is 9.80 Å². The lowest BCUT2D eigenvalue weighted by atomic mass is 10.0. The molecule has 0 N–H and O–H groups in total. The number of imide groups is 1. The van der Waals surface area contributed by atoms with E-state index in [0.717, 1.165) is 31.5 Å². The Morgan fingerprint density at radius 3 is 2.17 bits per heavy atom. The summed E-state index contributed by atoms with van der Waals surface area (Å²) in [4.78, 5) is 43.5. The minimum Gasteiger partial charge on any atom is -0.339 e. The predicted octanol–water partition coefficient (Wildman–Crippen LogP) is 2.65. The molecule has 3 amide bonds. The Balaban J connectivity index is 1.47. The van der Waals surface area contributed by atoms with Crippen molar-refractivity contribution < 1.29 is 14.4 Å². The van der Waals surface area contributed by atoms with Crippen molar-refractivity contribution in [1.82, 2.24) is 14.7 Å². The molecule has 2 aromatic carbocycles. The molecule has 0 unspecified atom stereocenters. The zero-order chi connectivity index (χ0) is 20.5. The molecule has 2 aliphatic rings. The minimum atomic E-state index is -0.284. The number of rotatable bonds is 4. The lowest BCUT2D eigenvalue weighted by Crippen LogP contribution is -2.44. The molecular formula is C23H25N3O3. The van der Waals surface area contributed by atoms with Crippen LogP contribution >= 0.6 is 0 Å². The van der Waals surface area contributed by atoms with E-state index >= 15 is 0 Å². The number of carbonyl (C=O) groups is 3. The summed E-state index contributed by atoms with van der Waals surface area (Å²) in [5.41, 5.74) is 2.25. The van der Waals surface area contributed by atoms with Crippen LogP contribution in [0.1, 0.15) is 49.5 Å². The van der Waals surface area contributed by atoms with Crippen molar-refractivity contribution in [3.05, 3.63) is 70.8 Å². The summed E-state index contributed by atoms with van der Waals surface area (Å²) >= 11 is 0. The topological polar surface area (TPSA) is 60.9 Å². The minimum absolute atomic E-state index is 0.00594. The molecule has 1 saturated heterocycles. The molecule has 150 valence electrons. The van der Waals surface area contributed by atoms with Gasteiger partial charge in [-0.15, -0.1) is 0 Å². The van der Waals surface area contributed by atoms with Crippen LogP contribution in [0, 0.1) is 0 Å². The van der Waals surface area contributed by atoms with E-state index in [9.17, 15) is 14.4 Å². The summed E-state index contributed by atoms with van der Waals surface area (Å²) in [7, 11) is 4.15. The van der Waals surface area contributed by atoms with Gasteiger partial charge in [0.15, 0.2) is 0 Å². The van der Waals surface area contributed by atoms with E-state index in [1.807, 2.05) is 17.0 Å². The van der Waals surface area contributed by atoms with Crippen molar-refractivity contribution in [2.75, 3.05) is 27.2 Å². The van der Waals surface area contributed by atoms with Gasteiger partial charge in [-0.2, -0.15) is 0 Å². The van der Waals surface area contributed by atoms with Gasteiger partial charge in [-0.05, 0) is 56.8 Å². The Kier molecular flexibility index (Phi) is 5.20. The highest BCUT2D eigenvalue weighted by molar-refractivity contribution is 6.21. The Bertz CT molecular complexity index is 926. The molecule has 1 fully saturated rings. The van der Waals surface area contributed by atoms with Crippen molar-refractivity contribution in [3.63, 3.8) is 0 Å². The maximum atomic E-state index is 12.9. The van der Waals surface area contributed by atoms with Gasteiger partial charge in [0, 0.05) is 24.7 Å². The third-order valence-electron chi connectivity index (χ3n) is 5.87. The standard InChI is InChI=1S/C23H25N3O3/c1-24(2)18-10-12-25(13-11-18)21(27)17-7-5-6-16(14-17)15-26-22(28)19-8-3-4-9-20(19)23(26)29/h3-9,14,18H,10-13,15H2,1-2H3. The van der Waals surface area contributed by atoms with Gasteiger partial charge in [0.05, 0.1) is 17.7 Å². The first-order valence-corrected chi connectivity index (χ1v) is 9.95. The van der Waals surface area contributed by atoms with Crippen LogP contribution in [-0.2, 0) is 6.54 Å². The monoisotopic (exact) mass is 391 g/mol. The fraction of sp³-hybridized carbons (Fsp3) is 0.348. The molecule has 2 heterocycles. The maximum Gasteiger partial charge on any atom is 0.261 e. The quantitative estimate of drug-likeness (QED) is 0.752. The second-order valence-electron chi connectivity index (χ2n) is 7.93. The molecule has 0 saturated carbocycles. The molecule has 0 spiro atoms. The van der Waals surface area contributed by atoms with Crippen molar-refractivity contribution in [2.45, 2.75) is 25.4 Å². The Morgan fingerprint density at radius 1 is 0.966 bits per heavy atom. The number of amides is 3. The third-order valence-corrected chi connectivity index (χ3v) is 5.87. The molecular weight excluding hydrogens is 366 g/mol. The van der Waals surface area contributed by atoms with Crippen molar-refractivity contribution in [2.24, 2.45) is 0 Å². The molecule has 0 bridgehead atoms. The molecule has 2 aliphatic heterocycles. The van der Waals surface area contributed by atoms with Crippen molar-refractivity contribution in [1.29, 1.82) is 0 Å². The Labute approximate surface area is 170 Å². The number of fused-ring (bicyclic) bond motifs is 1. The van der Waals surface area contributed by atoms with Crippen molar-refractivity contribution >= 4 is 17.7 Å². The first-order valence-electron chi connectivity index (χ1n) is 9.95. The van der Waals surface area contributed by atoms with Gasteiger partial charge in [-0.3, -0.25) is 19.3 Å². The van der Waals surface area contributed by atoms with E-state index in [1.165, 1.54) is 4.90 Å². The molecule has 0 radical (unpaired) electrons. The Morgan fingerprint density at radius 2 is 1.59 bits per heavy atom. The van der Waals surface area contributed by atoms with Crippen LogP contribution in [0.25, 0.3) is 0 Å². The van der Waals surface area contributed by atoms with E-state index in [0.29, 0.717) is 22.7 Å². The second kappa shape index (κ2) is 7.79. The SMILES string of the molecule is CN(C)C1CCN(C(=O)c2cccc(CN3C(=O)c4ccccc4C3=O)c2)CC1. The van der Waals surface area contributed by atoms with Gasteiger partial charge in [-0.25, -0.2) is 0 Å². The molecule has 4 rings (SSSR count).